The third-order valence-corrected chi connectivity index (χ3v) is 2.93. The van der Waals surface area contributed by atoms with Crippen LogP contribution < -0.4 is 0 Å². The Balaban J connectivity index is 1.97. The molecule has 0 bridgehead atoms. The molecular weight excluding hydrogens is 272 g/mol. The molecule has 0 aromatic heterocycles. The highest BCUT2D eigenvalue weighted by molar-refractivity contribution is 6.06. The van der Waals surface area contributed by atoms with Crippen LogP contribution in [0.5, 0.6) is 0 Å². The molecule has 0 unspecified atom stereocenters. The third-order valence-electron chi connectivity index (χ3n) is 2.93. The van der Waals surface area contributed by atoms with E-state index in [-0.39, 0.29) is 5.78 Å². The average Bonchev–Trinajstić information content (AvgIpc) is 2.56. The number of ketones is 1. The predicted molar refractivity (Wildman–Crippen MR) is 87.5 cm³/mol. The van der Waals surface area contributed by atoms with E-state index in [0.29, 0.717) is 24.3 Å². The number of carbonyl (C=O) groups is 1. The van der Waals surface area contributed by atoms with E-state index in [0.717, 1.165) is 5.56 Å². The van der Waals surface area contributed by atoms with Gasteiger partial charge in [0.05, 0.1) is 6.61 Å². The van der Waals surface area contributed by atoms with E-state index in [2.05, 4.69) is 24.2 Å². The first kappa shape index (κ1) is 15.5. The van der Waals surface area contributed by atoms with Crippen molar-refractivity contribution in [3.63, 3.8) is 0 Å². The molecule has 0 saturated carbocycles. The second-order valence-corrected chi connectivity index (χ2v) is 4.54. The third kappa shape index (κ3) is 4.61. The van der Waals surface area contributed by atoms with Crippen LogP contribution in [0.15, 0.2) is 73.0 Å². The van der Waals surface area contributed by atoms with Crippen LogP contribution in [-0.2, 0) is 11.3 Å². The summed E-state index contributed by atoms with van der Waals surface area (Å²) < 4.78 is 5.50. The fourth-order valence-corrected chi connectivity index (χ4v) is 1.90. The maximum atomic E-state index is 11.9. The van der Waals surface area contributed by atoms with Crippen LogP contribution in [0.3, 0.4) is 0 Å². The number of hydrogen-bond donors (Lipinski definition) is 0. The molecule has 0 radical (unpaired) electrons. The van der Waals surface area contributed by atoms with Crippen LogP contribution in [0.2, 0.25) is 0 Å². The maximum Gasteiger partial charge on any atom is 0.194 e. The van der Waals surface area contributed by atoms with Crippen molar-refractivity contribution in [3.05, 3.63) is 89.7 Å². The molecule has 0 atom stereocenters. The smallest absolute Gasteiger partial charge is 0.194 e. The van der Waals surface area contributed by atoms with E-state index < -0.39 is 0 Å². The van der Waals surface area contributed by atoms with Gasteiger partial charge in [-0.25, -0.2) is 0 Å². The molecule has 0 amide bonds. The zero-order valence-electron chi connectivity index (χ0n) is 12.2. The zero-order valence-corrected chi connectivity index (χ0v) is 12.2. The van der Waals surface area contributed by atoms with Gasteiger partial charge in [0.1, 0.15) is 6.61 Å². The molecule has 0 saturated heterocycles. The summed E-state index contributed by atoms with van der Waals surface area (Å²) in [4.78, 5) is 11.9. The highest BCUT2D eigenvalue weighted by atomic mass is 16.5. The second-order valence-electron chi connectivity index (χ2n) is 4.54. The number of ether oxygens (including phenoxy) is 1. The average molecular weight is 288 g/mol. The van der Waals surface area contributed by atoms with Gasteiger partial charge in [-0.2, -0.15) is 0 Å². The highest BCUT2D eigenvalue weighted by Gasteiger charge is 2.05. The number of benzene rings is 2. The number of hydrogen-bond acceptors (Lipinski definition) is 2. The van der Waals surface area contributed by atoms with Crippen LogP contribution in [-0.4, -0.2) is 12.4 Å². The molecule has 0 aliphatic heterocycles. The van der Waals surface area contributed by atoms with Gasteiger partial charge < -0.3 is 4.74 Å². The van der Waals surface area contributed by atoms with E-state index in [4.69, 9.17) is 4.74 Å². The molecule has 2 aromatic rings. The Hall–Kier alpha value is -2.85. The molecule has 22 heavy (non-hydrogen) atoms. The van der Waals surface area contributed by atoms with Crippen molar-refractivity contribution in [1.29, 1.82) is 0 Å². The van der Waals surface area contributed by atoms with E-state index in [1.165, 1.54) is 6.08 Å². The summed E-state index contributed by atoms with van der Waals surface area (Å²) in [6.07, 6.45) is 1.31. The standard InChI is InChI=1S/C20H16O2/c1-2-9-20(21)19-14-7-6-12-18(19)13-8-15-22-16-17-10-4-3-5-11-17/h3-7,9-12,14H,1,15-16H2. The summed E-state index contributed by atoms with van der Waals surface area (Å²) in [6.45, 7) is 4.25. The normalized spacial score (nSPS) is 9.27. The Morgan fingerprint density at radius 1 is 1.09 bits per heavy atom. The van der Waals surface area contributed by atoms with Crippen molar-refractivity contribution in [3.8, 4) is 11.8 Å². The quantitative estimate of drug-likeness (QED) is 0.275. The molecule has 0 aliphatic carbocycles. The molecule has 108 valence electrons. The van der Waals surface area contributed by atoms with Gasteiger partial charge in [0.15, 0.2) is 5.78 Å². The van der Waals surface area contributed by atoms with E-state index in [1.54, 1.807) is 12.1 Å². The van der Waals surface area contributed by atoms with Crippen molar-refractivity contribution in [2.24, 2.45) is 0 Å². The monoisotopic (exact) mass is 288 g/mol. The summed E-state index contributed by atoms with van der Waals surface area (Å²) in [6, 6.07) is 17.1. The van der Waals surface area contributed by atoms with Gasteiger partial charge in [-0.1, -0.05) is 60.9 Å². The Morgan fingerprint density at radius 3 is 2.59 bits per heavy atom. The van der Waals surface area contributed by atoms with Gasteiger partial charge in [0.25, 0.3) is 0 Å². The first-order valence-corrected chi connectivity index (χ1v) is 6.91. The zero-order chi connectivity index (χ0) is 15.6. The summed E-state index contributed by atoms with van der Waals surface area (Å²) in [5.74, 6) is 5.76. The molecule has 2 rings (SSSR count). The van der Waals surface area contributed by atoms with Crippen LogP contribution in [0, 0.1) is 11.8 Å². The second kappa shape index (κ2) is 8.44. The number of rotatable bonds is 5. The van der Waals surface area contributed by atoms with Crippen LogP contribution in [0.4, 0.5) is 0 Å². The molecule has 0 spiro atoms. The van der Waals surface area contributed by atoms with Gasteiger partial charge in [0.2, 0.25) is 0 Å². The Labute approximate surface area is 130 Å². The summed E-state index contributed by atoms with van der Waals surface area (Å²) in [7, 11) is 0. The lowest BCUT2D eigenvalue weighted by Crippen LogP contribution is -1.98. The van der Waals surface area contributed by atoms with Gasteiger partial charge in [-0.15, -0.1) is 5.73 Å². The number of allylic oxidation sites excluding steroid dienone is 1. The molecule has 0 aliphatic rings. The molecule has 0 heterocycles. The van der Waals surface area contributed by atoms with Gasteiger partial charge in [-0.05, 0) is 17.7 Å². The fourth-order valence-electron chi connectivity index (χ4n) is 1.90. The maximum absolute atomic E-state index is 11.9. The van der Waals surface area contributed by atoms with Crippen LogP contribution in [0.25, 0.3) is 0 Å². The Morgan fingerprint density at radius 2 is 1.82 bits per heavy atom. The predicted octanol–water partition coefficient (Wildman–Crippen LogP) is 3.78. The highest BCUT2D eigenvalue weighted by Crippen LogP contribution is 2.08. The number of carbonyl (C=O) groups excluding carboxylic acids is 1. The molecule has 2 aromatic carbocycles. The minimum Gasteiger partial charge on any atom is -0.364 e. The topological polar surface area (TPSA) is 26.3 Å². The lowest BCUT2D eigenvalue weighted by molar-refractivity contribution is 0.104. The van der Waals surface area contributed by atoms with Crippen molar-refractivity contribution < 1.29 is 9.53 Å². The molecule has 0 fully saturated rings. The Bertz CT molecular complexity index is 742. The first-order chi connectivity index (χ1) is 10.8. The lowest BCUT2D eigenvalue weighted by atomic mass is 10.0. The molecule has 0 N–H and O–H groups in total. The van der Waals surface area contributed by atoms with Crippen molar-refractivity contribution in [2.75, 3.05) is 6.61 Å². The largest absolute Gasteiger partial charge is 0.364 e. The van der Waals surface area contributed by atoms with Crippen molar-refractivity contribution in [2.45, 2.75) is 6.61 Å². The van der Waals surface area contributed by atoms with Gasteiger partial charge in [0, 0.05) is 17.2 Å². The van der Waals surface area contributed by atoms with Crippen LogP contribution >= 0.6 is 0 Å². The van der Waals surface area contributed by atoms with Crippen molar-refractivity contribution >= 4 is 5.78 Å². The SMILES string of the molecule is C=C=CC(=O)c1ccccc1C#CCOCc1ccccc1. The van der Waals surface area contributed by atoms with Gasteiger partial charge in [-0.3, -0.25) is 4.79 Å². The first-order valence-electron chi connectivity index (χ1n) is 6.91. The van der Waals surface area contributed by atoms with E-state index in [1.807, 2.05) is 42.5 Å². The summed E-state index contributed by atoms with van der Waals surface area (Å²) in [5, 5.41) is 0. The van der Waals surface area contributed by atoms with Gasteiger partial charge >= 0.3 is 0 Å². The summed E-state index contributed by atoms with van der Waals surface area (Å²) in [5.41, 5.74) is 4.83. The molecular formula is C20H16O2. The van der Waals surface area contributed by atoms with E-state index in [9.17, 15) is 4.79 Å². The van der Waals surface area contributed by atoms with E-state index >= 15 is 0 Å². The minimum absolute atomic E-state index is 0.148. The summed E-state index contributed by atoms with van der Waals surface area (Å²) >= 11 is 0. The molecule has 2 heteroatoms. The van der Waals surface area contributed by atoms with Crippen molar-refractivity contribution in [1.82, 2.24) is 0 Å². The van der Waals surface area contributed by atoms with Crippen LogP contribution in [0.1, 0.15) is 21.5 Å². The Kier molecular flexibility index (Phi) is 5.96. The molecule has 2 nitrogen and oxygen atoms in total. The minimum atomic E-state index is -0.148. The fraction of sp³-hybridized carbons (Fsp3) is 0.100. The lowest BCUT2D eigenvalue weighted by Gasteiger charge is -2.00.